The molecular weight excluding hydrogens is 338 g/mol. The van der Waals surface area contributed by atoms with Gasteiger partial charge in [-0.1, -0.05) is 29.8 Å². The number of nitrogens with zero attached hydrogens (tertiary/aromatic N) is 1. The summed E-state index contributed by atoms with van der Waals surface area (Å²) in [5.74, 6) is 1.47. The van der Waals surface area contributed by atoms with E-state index in [1.807, 2.05) is 36.4 Å². The fourth-order valence-electron chi connectivity index (χ4n) is 3.49. The first-order valence-electron chi connectivity index (χ1n) is 8.52. The third-order valence-corrected chi connectivity index (χ3v) is 5.07. The van der Waals surface area contributed by atoms with Crippen molar-refractivity contribution in [2.45, 2.75) is 25.0 Å². The molecule has 25 heavy (non-hydrogen) atoms. The number of hydrogen-bond donors (Lipinski definition) is 1. The van der Waals surface area contributed by atoms with Gasteiger partial charge in [0.25, 0.3) is 0 Å². The van der Waals surface area contributed by atoms with E-state index >= 15 is 0 Å². The van der Waals surface area contributed by atoms with Crippen LogP contribution in [0.3, 0.4) is 0 Å². The Morgan fingerprint density at radius 3 is 2.52 bits per heavy atom. The van der Waals surface area contributed by atoms with Gasteiger partial charge in [0.2, 0.25) is 0 Å². The van der Waals surface area contributed by atoms with Gasteiger partial charge in [0.1, 0.15) is 0 Å². The molecule has 0 spiro atoms. The topological polar surface area (TPSA) is 41.9 Å². The van der Waals surface area contributed by atoms with Crippen LogP contribution >= 0.6 is 11.6 Å². The number of aliphatic hydroxyl groups excluding tert-OH is 1. The molecule has 1 N–H and O–H groups in total. The maximum atomic E-state index is 10.6. The minimum absolute atomic E-state index is 0.279. The number of likely N-dealkylation sites (tertiary alicyclic amines) is 1. The molecule has 0 amide bonds. The fraction of sp³-hybridized carbons (Fsp3) is 0.400. The van der Waals surface area contributed by atoms with Gasteiger partial charge in [-0.3, -0.25) is 4.90 Å². The van der Waals surface area contributed by atoms with Crippen molar-refractivity contribution in [2.24, 2.45) is 0 Å². The predicted molar refractivity (Wildman–Crippen MR) is 99.5 cm³/mol. The highest BCUT2D eigenvalue weighted by molar-refractivity contribution is 6.30. The lowest BCUT2D eigenvalue weighted by molar-refractivity contribution is 0.106. The van der Waals surface area contributed by atoms with Crippen molar-refractivity contribution in [1.82, 2.24) is 4.90 Å². The van der Waals surface area contributed by atoms with Gasteiger partial charge in [0.15, 0.2) is 11.5 Å². The van der Waals surface area contributed by atoms with Crippen molar-refractivity contribution in [2.75, 3.05) is 27.3 Å². The van der Waals surface area contributed by atoms with Gasteiger partial charge in [-0.2, -0.15) is 0 Å². The lowest BCUT2D eigenvalue weighted by Crippen LogP contribution is -2.28. The van der Waals surface area contributed by atoms with Crippen LogP contribution in [0.1, 0.15) is 36.1 Å². The summed E-state index contributed by atoms with van der Waals surface area (Å²) in [5.41, 5.74) is 2.08. The second kappa shape index (κ2) is 8.09. The number of aliphatic hydroxyl groups is 1. The average Bonchev–Trinajstić information content (AvgIpc) is 3.09. The first-order valence-corrected chi connectivity index (χ1v) is 8.89. The Morgan fingerprint density at radius 2 is 1.84 bits per heavy atom. The van der Waals surface area contributed by atoms with Crippen LogP contribution < -0.4 is 9.47 Å². The lowest BCUT2D eigenvalue weighted by Gasteiger charge is -2.27. The molecule has 1 heterocycles. The molecule has 2 unspecified atom stereocenters. The Hall–Kier alpha value is -1.75. The van der Waals surface area contributed by atoms with E-state index in [1.165, 1.54) is 5.56 Å². The number of rotatable bonds is 6. The Morgan fingerprint density at radius 1 is 1.12 bits per heavy atom. The van der Waals surface area contributed by atoms with E-state index in [1.54, 1.807) is 14.2 Å². The van der Waals surface area contributed by atoms with Crippen LogP contribution in [0.4, 0.5) is 0 Å². The highest BCUT2D eigenvalue weighted by atomic mass is 35.5. The zero-order valence-electron chi connectivity index (χ0n) is 14.6. The van der Waals surface area contributed by atoms with Crippen molar-refractivity contribution < 1.29 is 14.6 Å². The highest BCUT2D eigenvalue weighted by Gasteiger charge is 2.28. The molecular formula is C20H24ClNO3. The number of halogens is 1. The van der Waals surface area contributed by atoms with Crippen LogP contribution in [0, 0.1) is 0 Å². The maximum absolute atomic E-state index is 10.6. The number of hydrogen-bond acceptors (Lipinski definition) is 4. The van der Waals surface area contributed by atoms with E-state index < -0.39 is 6.10 Å². The Labute approximate surface area is 153 Å². The van der Waals surface area contributed by atoms with Crippen LogP contribution in [0.5, 0.6) is 11.5 Å². The molecule has 0 saturated carbocycles. The molecule has 5 heteroatoms. The molecule has 1 fully saturated rings. The molecule has 0 aliphatic carbocycles. The molecule has 3 rings (SSSR count). The van der Waals surface area contributed by atoms with Gasteiger partial charge < -0.3 is 14.6 Å². The summed E-state index contributed by atoms with van der Waals surface area (Å²) in [6, 6.07) is 13.7. The zero-order valence-corrected chi connectivity index (χ0v) is 15.4. The average molecular weight is 362 g/mol. The maximum Gasteiger partial charge on any atom is 0.161 e. The van der Waals surface area contributed by atoms with Crippen LogP contribution in [0.25, 0.3) is 0 Å². The van der Waals surface area contributed by atoms with Crippen molar-refractivity contribution >= 4 is 11.6 Å². The highest BCUT2D eigenvalue weighted by Crippen LogP contribution is 2.37. The van der Waals surface area contributed by atoms with E-state index in [0.717, 1.165) is 36.4 Å². The zero-order chi connectivity index (χ0) is 17.8. The van der Waals surface area contributed by atoms with Crippen molar-refractivity contribution in [3.05, 3.63) is 58.6 Å². The SMILES string of the molecule is COc1ccc(C2CCCN2CC(O)c2ccc(Cl)cc2)cc1OC. The molecule has 2 aromatic rings. The van der Waals surface area contributed by atoms with Gasteiger partial charge in [-0.25, -0.2) is 0 Å². The van der Waals surface area contributed by atoms with Crippen molar-refractivity contribution in [3.8, 4) is 11.5 Å². The third-order valence-electron chi connectivity index (χ3n) is 4.82. The second-order valence-corrected chi connectivity index (χ2v) is 6.77. The molecule has 0 bridgehead atoms. The number of benzene rings is 2. The standard InChI is InChI=1S/C20H24ClNO3/c1-24-19-10-7-15(12-20(19)25-2)17-4-3-11-22(17)13-18(23)14-5-8-16(21)9-6-14/h5-10,12,17-18,23H,3-4,11,13H2,1-2H3. The summed E-state index contributed by atoms with van der Waals surface area (Å²) in [4.78, 5) is 2.33. The summed E-state index contributed by atoms with van der Waals surface area (Å²) in [5, 5.41) is 11.3. The smallest absolute Gasteiger partial charge is 0.161 e. The van der Waals surface area contributed by atoms with E-state index in [9.17, 15) is 5.11 Å². The molecule has 0 radical (unpaired) electrons. The lowest BCUT2D eigenvalue weighted by atomic mass is 10.0. The minimum atomic E-state index is -0.530. The van der Waals surface area contributed by atoms with Gasteiger partial charge in [-0.05, 0) is 54.8 Å². The summed E-state index contributed by atoms with van der Waals surface area (Å²) >= 11 is 5.93. The third kappa shape index (κ3) is 4.09. The summed E-state index contributed by atoms with van der Waals surface area (Å²) in [6.07, 6.45) is 1.66. The fourth-order valence-corrected chi connectivity index (χ4v) is 3.62. The van der Waals surface area contributed by atoms with Gasteiger partial charge in [0, 0.05) is 17.6 Å². The second-order valence-electron chi connectivity index (χ2n) is 6.33. The van der Waals surface area contributed by atoms with Crippen LogP contribution in [0.15, 0.2) is 42.5 Å². The molecule has 1 aliphatic heterocycles. The van der Waals surface area contributed by atoms with Crippen LogP contribution in [-0.2, 0) is 0 Å². The molecule has 0 aromatic heterocycles. The number of methoxy groups -OCH3 is 2. The van der Waals surface area contributed by atoms with Gasteiger partial charge in [-0.15, -0.1) is 0 Å². The first-order chi connectivity index (χ1) is 12.1. The van der Waals surface area contributed by atoms with E-state index in [2.05, 4.69) is 11.0 Å². The Bertz CT molecular complexity index is 705. The Kier molecular flexibility index (Phi) is 5.84. The van der Waals surface area contributed by atoms with Crippen molar-refractivity contribution in [1.29, 1.82) is 0 Å². The predicted octanol–water partition coefficient (Wildman–Crippen LogP) is 4.23. The molecule has 134 valence electrons. The first kappa shape index (κ1) is 18.1. The van der Waals surface area contributed by atoms with E-state index in [0.29, 0.717) is 11.6 Å². The summed E-state index contributed by atoms with van der Waals surface area (Å²) < 4.78 is 10.8. The molecule has 2 aromatic carbocycles. The van der Waals surface area contributed by atoms with Crippen LogP contribution in [0.2, 0.25) is 5.02 Å². The largest absolute Gasteiger partial charge is 0.493 e. The molecule has 1 saturated heterocycles. The molecule has 4 nitrogen and oxygen atoms in total. The number of β-amino-alcohol motifs (C(OH)–C–C–N with tert-alkyl or cyclic N) is 1. The quantitative estimate of drug-likeness (QED) is 0.836. The normalized spacial score (nSPS) is 19.0. The van der Waals surface area contributed by atoms with Gasteiger partial charge >= 0.3 is 0 Å². The summed E-state index contributed by atoms with van der Waals surface area (Å²) in [7, 11) is 3.29. The van der Waals surface area contributed by atoms with Crippen LogP contribution in [-0.4, -0.2) is 37.3 Å². The van der Waals surface area contributed by atoms with Crippen molar-refractivity contribution in [3.63, 3.8) is 0 Å². The molecule has 2 atom stereocenters. The van der Waals surface area contributed by atoms with E-state index in [-0.39, 0.29) is 6.04 Å². The number of ether oxygens (including phenoxy) is 2. The Balaban J connectivity index is 1.75. The minimum Gasteiger partial charge on any atom is -0.493 e. The molecule has 1 aliphatic rings. The van der Waals surface area contributed by atoms with Gasteiger partial charge in [0.05, 0.1) is 20.3 Å². The van der Waals surface area contributed by atoms with E-state index in [4.69, 9.17) is 21.1 Å². The monoisotopic (exact) mass is 361 g/mol. The summed E-state index contributed by atoms with van der Waals surface area (Å²) in [6.45, 7) is 1.57.